The van der Waals surface area contributed by atoms with Crippen molar-refractivity contribution in [3.8, 4) is 0 Å². The Labute approximate surface area is 211 Å². The standard InChI is InChI=1S/C28H34N2O6/c29-23(16-19-10-4-1-5-11-19)24(31)17-22(18-36-28(35)21-14-8-3-9-15-21)26(32)30-25(27(33)34)20-12-6-2-7-13-20/h1,3-5,8-11,14-15,20,22-23,25H,2,6-7,12-13,16-18,29H2,(H,30,32)(H,33,34)/t22-,23-,25-/m0/s1. The van der Waals surface area contributed by atoms with E-state index in [4.69, 9.17) is 10.5 Å². The Hall–Kier alpha value is -3.52. The maximum absolute atomic E-state index is 13.2. The second-order valence-corrected chi connectivity index (χ2v) is 9.35. The van der Waals surface area contributed by atoms with Crippen LogP contribution in [0, 0.1) is 11.8 Å². The minimum absolute atomic E-state index is 0.177. The smallest absolute Gasteiger partial charge is 0.338 e. The molecule has 36 heavy (non-hydrogen) atoms. The van der Waals surface area contributed by atoms with E-state index in [1.54, 1.807) is 30.3 Å². The number of ether oxygens (including phenoxy) is 1. The Kier molecular flexibility index (Phi) is 10.2. The third-order valence-electron chi connectivity index (χ3n) is 6.64. The van der Waals surface area contributed by atoms with Gasteiger partial charge in [0.2, 0.25) is 5.91 Å². The van der Waals surface area contributed by atoms with Crippen molar-refractivity contribution in [3.63, 3.8) is 0 Å². The van der Waals surface area contributed by atoms with E-state index in [0.717, 1.165) is 24.8 Å². The molecule has 1 fully saturated rings. The van der Waals surface area contributed by atoms with Gasteiger partial charge in [0.05, 0.1) is 17.5 Å². The number of ketones is 1. The number of nitrogens with one attached hydrogen (secondary N) is 1. The maximum Gasteiger partial charge on any atom is 0.338 e. The summed E-state index contributed by atoms with van der Waals surface area (Å²) in [6.45, 7) is -0.361. The maximum atomic E-state index is 13.2. The van der Waals surface area contributed by atoms with Crippen molar-refractivity contribution >= 4 is 23.6 Å². The van der Waals surface area contributed by atoms with Crippen LogP contribution in [0.1, 0.15) is 54.4 Å². The first-order valence-electron chi connectivity index (χ1n) is 12.4. The number of hydrogen-bond donors (Lipinski definition) is 3. The molecule has 1 aliphatic carbocycles. The van der Waals surface area contributed by atoms with Crippen LogP contribution < -0.4 is 11.1 Å². The van der Waals surface area contributed by atoms with Crippen LogP contribution in [-0.4, -0.2) is 47.4 Å². The lowest BCUT2D eigenvalue weighted by Crippen LogP contribution is -2.50. The second kappa shape index (κ2) is 13.5. The minimum Gasteiger partial charge on any atom is -0.480 e. The zero-order valence-electron chi connectivity index (χ0n) is 20.3. The molecule has 2 aromatic carbocycles. The average Bonchev–Trinajstić information content (AvgIpc) is 2.90. The van der Waals surface area contributed by atoms with Crippen LogP contribution in [0.2, 0.25) is 0 Å². The van der Waals surface area contributed by atoms with Crippen LogP contribution in [0.15, 0.2) is 60.7 Å². The first kappa shape index (κ1) is 27.1. The topological polar surface area (TPSA) is 136 Å². The number of benzene rings is 2. The summed E-state index contributed by atoms with van der Waals surface area (Å²) in [6.07, 6.45) is 4.33. The highest BCUT2D eigenvalue weighted by atomic mass is 16.5. The van der Waals surface area contributed by atoms with E-state index in [1.807, 2.05) is 30.3 Å². The number of aliphatic carboxylic acids is 1. The van der Waals surface area contributed by atoms with E-state index in [-0.39, 0.29) is 24.7 Å². The summed E-state index contributed by atoms with van der Waals surface area (Å²) >= 11 is 0. The molecule has 192 valence electrons. The fraction of sp³-hybridized carbons (Fsp3) is 0.429. The van der Waals surface area contributed by atoms with E-state index in [1.165, 1.54) is 0 Å². The molecule has 0 heterocycles. The van der Waals surface area contributed by atoms with Crippen molar-refractivity contribution in [2.45, 2.75) is 57.0 Å². The Morgan fingerprint density at radius 1 is 0.944 bits per heavy atom. The summed E-state index contributed by atoms with van der Waals surface area (Å²) in [6, 6.07) is 15.7. The van der Waals surface area contributed by atoms with Gasteiger partial charge in [-0.05, 0) is 42.9 Å². The van der Waals surface area contributed by atoms with Gasteiger partial charge in [-0.1, -0.05) is 67.8 Å². The van der Waals surface area contributed by atoms with Crippen molar-refractivity contribution in [1.82, 2.24) is 5.32 Å². The molecule has 1 aliphatic rings. The van der Waals surface area contributed by atoms with Gasteiger partial charge in [-0.15, -0.1) is 0 Å². The van der Waals surface area contributed by atoms with Crippen LogP contribution in [0.4, 0.5) is 0 Å². The summed E-state index contributed by atoms with van der Waals surface area (Å²) in [5, 5.41) is 12.4. The van der Waals surface area contributed by atoms with Crippen LogP contribution in [-0.2, 0) is 25.5 Å². The molecule has 0 unspecified atom stereocenters. The molecule has 1 saturated carbocycles. The number of amides is 1. The molecule has 0 saturated heterocycles. The predicted octanol–water partition coefficient (Wildman–Crippen LogP) is 3.14. The molecular formula is C28H34N2O6. The highest BCUT2D eigenvalue weighted by Gasteiger charge is 2.34. The van der Waals surface area contributed by atoms with Crippen molar-refractivity contribution in [1.29, 1.82) is 0 Å². The molecular weight excluding hydrogens is 460 g/mol. The number of esters is 1. The van der Waals surface area contributed by atoms with Crippen LogP contribution in [0.5, 0.6) is 0 Å². The lowest BCUT2D eigenvalue weighted by Gasteiger charge is -2.29. The lowest BCUT2D eigenvalue weighted by atomic mass is 9.83. The van der Waals surface area contributed by atoms with Crippen LogP contribution in [0.25, 0.3) is 0 Å². The Morgan fingerprint density at radius 2 is 1.56 bits per heavy atom. The molecule has 2 aromatic rings. The number of Topliss-reactive ketones (excluding diaryl/α,β-unsaturated/α-hetero) is 1. The molecule has 4 N–H and O–H groups in total. The van der Waals surface area contributed by atoms with Gasteiger partial charge < -0.3 is 20.9 Å². The number of carboxylic acids is 1. The van der Waals surface area contributed by atoms with E-state index in [9.17, 15) is 24.3 Å². The third-order valence-corrected chi connectivity index (χ3v) is 6.64. The van der Waals surface area contributed by atoms with Crippen LogP contribution >= 0.6 is 0 Å². The summed E-state index contributed by atoms with van der Waals surface area (Å²) in [5.41, 5.74) is 7.33. The van der Waals surface area contributed by atoms with E-state index >= 15 is 0 Å². The van der Waals surface area contributed by atoms with Crippen molar-refractivity contribution in [3.05, 3.63) is 71.8 Å². The highest BCUT2D eigenvalue weighted by Crippen LogP contribution is 2.27. The molecule has 0 bridgehead atoms. The minimum atomic E-state index is -1.11. The molecule has 3 atom stereocenters. The number of hydrogen-bond acceptors (Lipinski definition) is 6. The quantitative estimate of drug-likeness (QED) is 0.386. The summed E-state index contributed by atoms with van der Waals surface area (Å²) in [7, 11) is 0. The molecule has 1 amide bonds. The Morgan fingerprint density at radius 3 is 2.17 bits per heavy atom. The lowest BCUT2D eigenvalue weighted by molar-refractivity contribution is -0.145. The van der Waals surface area contributed by atoms with Gasteiger partial charge in [-0.2, -0.15) is 0 Å². The first-order chi connectivity index (χ1) is 17.3. The van der Waals surface area contributed by atoms with E-state index in [0.29, 0.717) is 24.8 Å². The second-order valence-electron chi connectivity index (χ2n) is 9.35. The largest absolute Gasteiger partial charge is 0.480 e. The van der Waals surface area contributed by atoms with Crippen LogP contribution in [0.3, 0.4) is 0 Å². The summed E-state index contributed by atoms with van der Waals surface area (Å²) < 4.78 is 5.36. The molecule has 0 spiro atoms. The van der Waals surface area contributed by atoms with Gasteiger partial charge in [-0.3, -0.25) is 9.59 Å². The number of nitrogens with two attached hydrogens (primary N) is 1. The normalized spacial score (nSPS) is 16.4. The zero-order valence-corrected chi connectivity index (χ0v) is 20.3. The first-order valence-corrected chi connectivity index (χ1v) is 12.4. The monoisotopic (exact) mass is 494 g/mol. The average molecular weight is 495 g/mol. The van der Waals surface area contributed by atoms with E-state index in [2.05, 4.69) is 5.32 Å². The third kappa shape index (κ3) is 8.02. The molecule has 8 heteroatoms. The molecule has 3 rings (SSSR count). The van der Waals surface area contributed by atoms with E-state index < -0.39 is 35.8 Å². The molecule has 0 aromatic heterocycles. The summed E-state index contributed by atoms with van der Waals surface area (Å²) in [5.74, 6) is -3.96. The molecule has 8 nitrogen and oxygen atoms in total. The van der Waals surface area contributed by atoms with Crippen molar-refractivity contribution in [2.75, 3.05) is 6.61 Å². The van der Waals surface area contributed by atoms with Crippen molar-refractivity contribution < 1.29 is 29.0 Å². The Bertz CT molecular complexity index is 1020. The van der Waals surface area contributed by atoms with Gasteiger partial charge in [-0.25, -0.2) is 9.59 Å². The number of rotatable bonds is 12. The highest BCUT2D eigenvalue weighted by molar-refractivity contribution is 5.92. The predicted molar refractivity (Wildman–Crippen MR) is 134 cm³/mol. The van der Waals surface area contributed by atoms with Gasteiger partial charge in [0, 0.05) is 6.42 Å². The molecule has 0 aliphatic heterocycles. The van der Waals surface area contributed by atoms with Gasteiger partial charge in [0.15, 0.2) is 5.78 Å². The fourth-order valence-electron chi connectivity index (χ4n) is 4.56. The summed E-state index contributed by atoms with van der Waals surface area (Å²) in [4.78, 5) is 50.6. The van der Waals surface area contributed by atoms with Gasteiger partial charge >= 0.3 is 11.9 Å². The number of carbonyl (C=O) groups excluding carboxylic acids is 3. The number of carboxylic acid groups (broad SMARTS) is 1. The van der Waals surface area contributed by atoms with Gasteiger partial charge in [0.25, 0.3) is 0 Å². The number of carbonyl (C=O) groups is 4. The molecule has 0 radical (unpaired) electrons. The zero-order chi connectivity index (χ0) is 25.9. The fourth-order valence-corrected chi connectivity index (χ4v) is 4.56. The van der Waals surface area contributed by atoms with Gasteiger partial charge in [0.1, 0.15) is 12.6 Å². The SMILES string of the molecule is N[C@@H](Cc1ccccc1)C(=O)C[C@@H](COC(=O)c1ccccc1)C(=O)N[C@H](C(=O)O)C1CCCCC1. The Balaban J connectivity index is 1.70. The van der Waals surface area contributed by atoms with Crippen molar-refractivity contribution in [2.24, 2.45) is 17.6 Å².